The number of rotatable bonds is 6. The van der Waals surface area contributed by atoms with E-state index < -0.39 is 18.1 Å². The lowest BCUT2D eigenvalue weighted by Crippen LogP contribution is -2.36. The number of likely N-dealkylation sites (N-methyl/N-ethyl adjacent to an activating group) is 1. The highest BCUT2D eigenvalue weighted by molar-refractivity contribution is 7.97. The van der Waals surface area contributed by atoms with E-state index in [0.717, 1.165) is 4.90 Å². The summed E-state index contributed by atoms with van der Waals surface area (Å²) in [7, 11) is 1.43. The predicted molar refractivity (Wildman–Crippen MR) is 71.4 cm³/mol. The van der Waals surface area contributed by atoms with Gasteiger partial charge in [0.15, 0.2) is 0 Å². The Morgan fingerprint density at radius 2 is 2.11 bits per heavy atom. The summed E-state index contributed by atoms with van der Waals surface area (Å²) in [5, 5.41) is 2.55. The number of nitrogens with one attached hydrogen (secondary N) is 2. The zero-order chi connectivity index (χ0) is 14.6. The molecular formula is C11H19N3O4S. The van der Waals surface area contributed by atoms with Crippen LogP contribution in [0.1, 0.15) is 20.8 Å². The molecule has 0 aromatic heterocycles. The zero-order valence-corrected chi connectivity index (χ0v) is 12.2. The first-order valence-electron chi connectivity index (χ1n) is 5.98. The molecule has 1 aliphatic rings. The number of carbonyl (C=O) groups excluding carboxylic acids is 3. The van der Waals surface area contributed by atoms with E-state index in [0.29, 0.717) is 5.75 Å². The van der Waals surface area contributed by atoms with Crippen molar-refractivity contribution in [2.45, 2.75) is 39.0 Å². The molecule has 0 bridgehead atoms. The summed E-state index contributed by atoms with van der Waals surface area (Å²) < 4.78 is 7.92. The van der Waals surface area contributed by atoms with E-state index in [4.69, 9.17) is 4.74 Å². The predicted octanol–water partition coefficient (Wildman–Crippen LogP) is 0.115. The van der Waals surface area contributed by atoms with Crippen LogP contribution in [0.25, 0.3) is 0 Å². The number of carbonyl (C=O) groups is 3. The monoisotopic (exact) mass is 289 g/mol. The summed E-state index contributed by atoms with van der Waals surface area (Å²) in [4.78, 5) is 35.3. The van der Waals surface area contributed by atoms with Crippen LogP contribution in [0.3, 0.4) is 0 Å². The number of nitrogens with zero attached hydrogens (tertiary/aromatic N) is 1. The van der Waals surface area contributed by atoms with Gasteiger partial charge in [-0.2, -0.15) is 0 Å². The van der Waals surface area contributed by atoms with Crippen molar-refractivity contribution >= 4 is 29.9 Å². The van der Waals surface area contributed by atoms with Gasteiger partial charge in [0.25, 0.3) is 5.91 Å². The average Bonchev–Trinajstić information content (AvgIpc) is 2.56. The van der Waals surface area contributed by atoms with Crippen LogP contribution in [0, 0.1) is 0 Å². The quantitative estimate of drug-likeness (QED) is 0.410. The maximum absolute atomic E-state index is 11.6. The van der Waals surface area contributed by atoms with Gasteiger partial charge in [-0.15, -0.1) is 0 Å². The largest absolute Gasteiger partial charge is 0.462 e. The molecule has 0 aromatic rings. The molecule has 1 heterocycles. The number of ether oxygens (including phenoxy) is 1. The number of urea groups is 1. The molecule has 0 radical (unpaired) electrons. The molecule has 7 nitrogen and oxygen atoms in total. The molecule has 1 aliphatic heterocycles. The smallest absolute Gasteiger partial charge is 0.324 e. The summed E-state index contributed by atoms with van der Waals surface area (Å²) in [6, 6.07) is -1.43. The first-order valence-corrected chi connectivity index (χ1v) is 6.97. The van der Waals surface area contributed by atoms with Gasteiger partial charge in [0.2, 0.25) is 0 Å². The third kappa shape index (κ3) is 4.39. The maximum atomic E-state index is 11.6. The molecule has 2 N–H and O–H groups in total. The minimum absolute atomic E-state index is 0.161. The van der Waals surface area contributed by atoms with Crippen LogP contribution >= 0.6 is 11.9 Å². The normalized spacial score (nSPS) is 20.7. The van der Waals surface area contributed by atoms with Crippen LogP contribution in [0.2, 0.25) is 0 Å². The Labute approximate surface area is 116 Å². The Balaban J connectivity index is 2.29. The first-order chi connectivity index (χ1) is 8.82. The molecule has 19 heavy (non-hydrogen) atoms. The van der Waals surface area contributed by atoms with Gasteiger partial charge in [0, 0.05) is 12.8 Å². The molecule has 0 aliphatic carbocycles. The Morgan fingerprint density at radius 1 is 1.47 bits per heavy atom. The Hall–Kier alpha value is -1.28. The lowest BCUT2D eigenvalue weighted by atomic mass is 10.3. The first kappa shape index (κ1) is 15.8. The molecule has 1 rings (SSSR count). The summed E-state index contributed by atoms with van der Waals surface area (Å²) in [5.41, 5.74) is 0. The van der Waals surface area contributed by atoms with Crippen molar-refractivity contribution in [3.8, 4) is 0 Å². The highest BCUT2D eigenvalue weighted by atomic mass is 32.2. The van der Waals surface area contributed by atoms with Gasteiger partial charge in [-0.3, -0.25) is 19.2 Å². The van der Waals surface area contributed by atoms with Crippen molar-refractivity contribution in [3.05, 3.63) is 0 Å². The van der Waals surface area contributed by atoms with Crippen molar-refractivity contribution in [1.82, 2.24) is 14.9 Å². The molecule has 108 valence electrons. The molecule has 1 fully saturated rings. The van der Waals surface area contributed by atoms with Crippen molar-refractivity contribution < 1.29 is 19.1 Å². The van der Waals surface area contributed by atoms with Gasteiger partial charge in [-0.05, 0) is 20.8 Å². The standard InChI is InChI=1S/C11H19N3O4S/c1-6(2)18-10(16)7(3)13-19-5-8-9(15)14(4)11(17)12-8/h6-8,13H,5H2,1-4H3,(H,12,17)/t7-,8-/m0/s1. The van der Waals surface area contributed by atoms with Crippen molar-refractivity contribution in [1.29, 1.82) is 0 Å². The maximum Gasteiger partial charge on any atom is 0.324 e. The molecule has 0 saturated carbocycles. The van der Waals surface area contributed by atoms with E-state index in [1.165, 1.54) is 19.0 Å². The Morgan fingerprint density at radius 3 is 2.58 bits per heavy atom. The third-order valence-electron chi connectivity index (χ3n) is 2.45. The fourth-order valence-electron chi connectivity index (χ4n) is 1.39. The minimum atomic E-state index is -0.552. The summed E-state index contributed by atoms with van der Waals surface area (Å²) >= 11 is 1.21. The molecule has 0 aromatic carbocycles. The van der Waals surface area contributed by atoms with Gasteiger partial charge in [-0.1, -0.05) is 11.9 Å². The lowest BCUT2D eigenvalue weighted by molar-refractivity contribution is -0.148. The number of hydrogen-bond donors (Lipinski definition) is 2. The topological polar surface area (TPSA) is 87.7 Å². The van der Waals surface area contributed by atoms with Gasteiger partial charge in [-0.25, -0.2) is 4.79 Å². The van der Waals surface area contributed by atoms with Crippen LogP contribution in [-0.4, -0.2) is 53.8 Å². The lowest BCUT2D eigenvalue weighted by Gasteiger charge is -2.15. The second-order valence-corrected chi connectivity index (χ2v) is 5.39. The van der Waals surface area contributed by atoms with Crippen LogP contribution < -0.4 is 10.0 Å². The number of esters is 1. The van der Waals surface area contributed by atoms with Crippen LogP contribution in [0.15, 0.2) is 0 Å². The van der Waals surface area contributed by atoms with Crippen LogP contribution in [-0.2, 0) is 14.3 Å². The third-order valence-corrected chi connectivity index (χ3v) is 3.47. The fourth-order valence-corrected chi connectivity index (χ4v) is 2.23. The number of imide groups is 1. The van der Waals surface area contributed by atoms with E-state index in [1.807, 2.05) is 0 Å². The van der Waals surface area contributed by atoms with E-state index >= 15 is 0 Å². The Bertz CT molecular complexity index is 375. The average molecular weight is 289 g/mol. The van der Waals surface area contributed by atoms with Gasteiger partial charge in [0.05, 0.1) is 6.10 Å². The van der Waals surface area contributed by atoms with Crippen LogP contribution in [0.5, 0.6) is 0 Å². The summed E-state index contributed by atoms with van der Waals surface area (Å²) in [5.74, 6) is -0.257. The molecule has 0 spiro atoms. The summed E-state index contributed by atoms with van der Waals surface area (Å²) in [6.45, 7) is 5.24. The van der Waals surface area contributed by atoms with E-state index in [9.17, 15) is 14.4 Å². The van der Waals surface area contributed by atoms with Gasteiger partial charge < -0.3 is 10.1 Å². The summed E-state index contributed by atoms with van der Waals surface area (Å²) in [6.07, 6.45) is -0.161. The van der Waals surface area contributed by atoms with Crippen molar-refractivity contribution in [2.24, 2.45) is 0 Å². The molecule has 3 amide bonds. The molecular weight excluding hydrogens is 270 g/mol. The Kier molecular flexibility index (Phi) is 5.61. The highest BCUT2D eigenvalue weighted by Gasteiger charge is 2.35. The minimum Gasteiger partial charge on any atom is -0.462 e. The van der Waals surface area contributed by atoms with Crippen molar-refractivity contribution in [3.63, 3.8) is 0 Å². The SMILES string of the molecule is CC(C)OC(=O)[C@H](C)NSC[C@@H]1NC(=O)N(C)C1=O. The van der Waals surface area contributed by atoms with E-state index in [-0.39, 0.29) is 18.0 Å². The van der Waals surface area contributed by atoms with Crippen molar-refractivity contribution in [2.75, 3.05) is 12.8 Å². The van der Waals surface area contributed by atoms with E-state index in [1.54, 1.807) is 20.8 Å². The van der Waals surface area contributed by atoms with Gasteiger partial charge >= 0.3 is 12.0 Å². The van der Waals surface area contributed by atoms with Crippen LogP contribution in [0.4, 0.5) is 4.79 Å². The van der Waals surface area contributed by atoms with E-state index in [2.05, 4.69) is 10.0 Å². The molecule has 1 saturated heterocycles. The second-order valence-electron chi connectivity index (χ2n) is 4.54. The highest BCUT2D eigenvalue weighted by Crippen LogP contribution is 2.09. The molecule has 8 heteroatoms. The van der Waals surface area contributed by atoms with Gasteiger partial charge in [0.1, 0.15) is 12.1 Å². The molecule has 2 atom stereocenters. The second kappa shape index (κ2) is 6.76. The fraction of sp³-hybridized carbons (Fsp3) is 0.727. The zero-order valence-electron chi connectivity index (χ0n) is 11.4. The molecule has 0 unspecified atom stereocenters. The number of hydrogen-bond acceptors (Lipinski definition) is 6. The number of amides is 3.